The topological polar surface area (TPSA) is 43.8 Å². The summed E-state index contributed by atoms with van der Waals surface area (Å²) < 4.78 is 0. The van der Waals surface area contributed by atoms with Gasteiger partial charge in [-0.3, -0.25) is 0 Å². The van der Waals surface area contributed by atoms with Crippen molar-refractivity contribution in [3.8, 4) is 0 Å². The van der Waals surface area contributed by atoms with Crippen LogP contribution in [0.25, 0.3) is 0 Å². The van der Waals surface area contributed by atoms with Crippen molar-refractivity contribution in [2.24, 2.45) is 0 Å². The van der Waals surface area contributed by atoms with Gasteiger partial charge in [-0.2, -0.15) is 0 Å². The number of urea groups is 1. The molecular formula is C10H18N2O2. The molecule has 0 aromatic carbocycles. The Labute approximate surface area is 84.5 Å². The van der Waals surface area contributed by atoms with E-state index < -0.39 is 0 Å². The number of rotatable bonds is 0. The van der Waals surface area contributed by atoms with Gasteiger partial charge in [0, 0.05) is 25.7 Å². The van der Waals surface area contributed by atoms with Crippen LogP contribution in [0.4, 0.5) is 4.79 Å². The van der Waals surface area contributed by atoms with Crippen LogP contribution in [0.1, 0.15) is 26.2 Å². The highest BCUT2D eigenvalue weighted by molar-refractivity contribution is 5.75. The van der Waals surface area contributed by atoms with Gasteiger partial charge in [-0.15, -0.1) is 0 Å². The van der Waals surface area contributed by atoms with Gasteiger partial charge in [-0.1, -0.05) is 0 Å². The largest absolute Gasteiger partial charge is 0.391 e. The molecule has 2 heterocycles. The summed E-state index contributed by atoms with van der Waals surface area (Å²) in [6.45, 7) is 4.29. The number of amides is 2. The first kappa shape index (κ1) is 9.77. The van der Waals surface area contributed by atoms with E-state index in [2.05, 4.69) is 0 Å². The fourth-order valence-electron chi connectivity index (χ4n) is 2.36. The predicted molar refractivity (Wildman–Crippen MR) is 53.0 cm³/mol. The fraction of sp³-hybridized carbons (Fsp3) is 0.900. The molecule has 2 aliphatic heterocycles. The quantitative estimate of drug-likeness (QED) is 0.621. The summed E-state index contributed by atoms with van der Waals surface area (Å²) >= 11 is 0. The van der Waals surface area contributed by atoms with Gasteiger partial charge in [0.2, 0.25) is 0 Å². The third kappa shape index (κ3) is 1.71. The molecule has 1 N–H and O–H groups in total. The van der Waals surface area contributed by atoms with Crippen LogP contribution < -0.4 is 0 Å². The molecule has 4 heteroatoms. The van der Waals surface area contributed by atoms with E-state index in [0.29, 0.717) is 6.54 Å². The monoisotopic (exact) mass is 198 g/mol. The molecule has 0 aromatic heterocycles. The Morgan fingerprint density at radius 1 is 1.36 bits per heavy atom. The molecule has 0 spiro atoms. The molecule has 2 saturated heterocycles. The Balaban J connectivity index is 1.96. The predicted octanol–water partition coefficient (Wildman–Crippen LogP) is 0.657. The highest BCUT2D eigenvalue weighted by atomic mass is 16.3. The maximum absolute atomic E-state index is 11.9. The van der Waals surface area contributed by atoms with Crippen molar-refractivity contribution in [2.45, 2.75) is 38.3 Å². The molecule has 0 radical (unpaired) electrons. The van der Waals surface area contributed by atoms with Crippen LogP contribution in [0.5, 0.6) is 0 Å². The molecule has 2 unspecified atom stereocenters. The van der Waals surface area contributed by atoms with Gasteiger partial charge < -0.3 is 14.9 Å². The Morgan fingerprint density at radius 3 is 2.50 bits per heavy atom. The molecule has 0 aliphatic carbocycles. The average molecular weight is 198 g/mol. The number of nitrogens with zero attached hydrogens (tertiary/aromatic N) is 2. The highest BCUT2D eigenvalue weighted by Crippen LogP contribution is 2.20. The van der Waals surface area contributed by atoms with Crippen LogP contribution in [0.2, 0.25) is 0 Å². The maximum Gasteiger partial charge on any atom is 0.320 e. The zero-order valence-corrected chi connectivity index (χ0v) is 8.65. The summed E-state index contributed by atoms with van der Waals surface area (Å²) in [5.41, 5.74) is 0. The van der Waals surface area contributed by atoms with Gasteiger partial charge >= 0.3 is 6.03 Å². The number of β-amino-alcohol motifs (C(OH)–C–C–N with tert-alkyl or cyclic N) is 1. The van der Waals surface area contributed by atoms with Crippen LogP contribution >= 0.6 is 0 Å². The lowest BCUT2D eigenvalue weighted by atomic mass is 10.2. The third-order valence-electron chi connectivity index (χ3n) is 3.17. The van der Waals surface area contributed by atoms with Gasteiger partial charge in [0.05, 0.1) is 6.10 Å². The summed E-state index contributed by atoms with van der Waals surface area (Å²) in [7, 11) is 0. The van der Waals surface area contributed by atoms with E-state index in [9.17, 15) is 9.90 Å². The van der Waals surface area contributed by atoms with Gasteiger partial charge in [-0.25, -0.2) is 4.79 Å². The number of carbonyl (C=O) groups is 1. The highest BCUT2D eigenvalue weighted by Gasteiger charge is 2.34. The Morgan fingerprint density at radius 2 is 2.00 bits per heavy atom. The summed E-state index contributed by atoms with van der Waals surface area (Å²) in [5.74, 6) is 0. The zero-order chi connectivity index (χ0) is 10.1. The van der Waals surface area contributed by atoms with Crippen molar-refractivity contribution in [3.05, 3.63) is 0 Å². The van der Waals surface area contributed by atoms with Crippen molar-refractivity contribution < 1.29 is 9.90 Å². The second-order valence-electron chi connectivity index (χ2n) is 4.37. The van der Waals surface area contributed by atoms with Crippen molar-refractivity contribution in [1.82, 2.24) is 9.80 Å². The molecule has 80 valence electrons. The molecule has 2 rings (SSSR count). The first-order valence-corrected chi connectivity index (χ1v) is 5.42. The van der Waals surface area contributed by atoms with Crippen molar-refractivity contribution >= 4 is 6.03 Å². The summed E-state index contributed by atoms with van der Waals surface area (Å²) in [4.78, 5) is 15.6. The molecule has 2 amide bonds. The van der Waals surface area contributed by atoms with Crippen LogP contribution in [-0.2, 0) is 0 Å². The number of carbonyl (C=O) groups excluding carboxylic acids is 1. The van der Waals surface area contributed by atoms with E-state index in [4.69, 9.17) is 0 Å². The minimum absolute atomic E-state index is 0.117. The Hall–Kier alpha value is -0.770. The molecule has 2 aliphatic rings. The molecular weight excluding hydrogens is 180 g/mol. The van der Waals surface area contributed by atoms with Gasteiger partial charge in [0.25, 0.3) is 0 Å². The van der Waals surface area contributed by atoms with E-state index in [1.807, 2.05) is 11.8 Å². The van der Waals surface area contributed by atoms with Crippen LogP contribution in [0, 0.1) is 0 Å². The Bertz CT molecular complexity index is 226. The average Bonchev–Trinajstić information content (AvgIpc) is 2.73. The van der Waals surface area contributed by atoms with E-state index >= 15 is 0 Å². The Kier molecular flexibility index (Phi) is 2.63. The van der Waals surface area contributed by atoms with E-state index in [-0.39, 0.29) is 18.2 Å². The molecule has 0 bridgehead atoms. The molecule has 0 saturated carbocycles. The smallest absolute Gasteiger partial charge is 0.320 e. The van der Waals surface area contributed by atoms with Crippen molar-refractivity contribution in [3.63, 3.8) is 0 Å². The zero-order valence-electron chi connectivity index (χ0n) is 8.65. The van der Waals surface area contributed by atoms with Gasteiger partial charge in [0.15, 0.2) is 0 Å². The van der Waals surface area contributed by atoms with Gasteiger partial charge in [-0.05, 0) is 26.2 Å². The number of likely N-dealkylation sites (tertiary alicyclic amines) is 2. The summed E-state index contributed by atoms with van der Waals surface area (Å²) in [6.07, 6.45) is 2.64. The lowest BCUT2D eigenvalue weighted by molar-refractivity contribution is 0.148. The molecule has 2 atom stereocenters. The minimum atomic E-state index is -0.323. The first-order chi connectivity index (χ1) is 6.68. The second-order valence-corrected chi connectivity index (χ2v) is 4.37. The lowest BCUT2D eigenvalue weighted by Crippen LogP contribution is -2.43. The standard InChI is InChI=1S/C10H18N2O2/c1-8-6-9(13)7-12(8)10(14)11-4-2-3-5-11/h8-9,13H,2-7H2,1H3. The first-order valence-electron chi connectivity index (χ1n) is 5.42. The van der Waals surface area contributed by atoms with Crippen molar-refractivity contribution in [2.75, 3.05) is 19.6 Å². The van der Waals surface area contributed by atoms with Gasteiger partial charge in [0.1, 0.15) is 0 Å². The molecule has 4 nitrogen and oxygen atoms in total. The van der Waals surface area contributed by atoms with Crippen LogP contribution in [0.3, 0.4) is 0 Å². The van der Waals surface area contributed by atoms with E-state index in [1.54, 1.807) is 4.90 Å². The number of aliphatic hydroxyl groups excluding tert-OH is 1. The lowest BCUT2D eigenvalue weighted by Gasteiger charge is -2.27. The normalized spacial score (nSPS) is 32.7. The maximum atomic E-state index is 11.9. The third-order valence-corrected chi connectivity index (χ3v) is 3.17. The summed E-state index contributed by atoms with van der Waals surface area (Å²) in [5, 5.41) is 9.45. The van der Waals surface area contributed by atoms with E-state index in [0.717, 1.165) is 32.4 Å². The summed E-state index contributed by atoms with van der Waals surface area (Å²) in [6, 6.07) is 0.310. The SMILES string of the molecule is CC1CC(O)CN1C(=O)N1CCCC1. The fourth-order valence-corrected chi connectivity index (χ4v) is 2.36. The molecule has 0 aromatic rings. The number of hydrogen-bond acceptors (Lipinski definition) is 2. The number of aliphatic hydroxyl groups is 1. The molecule has 2 fully saturated rings. The second kappa shape index (κ2) is 3.77. The minimum Gasteiger partial charge on any atom is -0.391 e. The van der Waals surface area contributed by atoms with Crippen molar-refractivity contribution in [1.29, 1.82) is 0 Å². The number of hydrogen-bond donors (Lipinski definition) is 1. The van der Waals surface area contributed by atoms with Crippen LogP contribution in [-0.4, -0.2) is 52.7 Å². The van der Waals surface area contributed by atoms with Crippen LogP contribution in [0.15, 0.2) is 0 Å². The molecule has 14 heavy (non-hydrogen) atoms. The van der Waals surface area contributed by atoms with E-state index in [1.165, 1.54) is 0 Å².